The molecule has 3 aliphatic rings. The van der Waals surface area contributed by atoms with Crippen molar-refractivity contribution in [1.29, 1.82) is 0 Å². The Morgan fingerprint density at radius 3 is 3.04 bits per heavy atom. The normalized spacial score (nSPS) is 32.7. The van der Waals surface area contributed by atoms with Crippen molar-refractivity contribution in [1.82, 2.24) is 4.98 Å². The standard InChI is InChI=1S/C21H24N2O3/c1-12-16-10-23-8-7-14-13-5-3-4-6-18(13)22-20(14)19(23)9-15(16)17(11-26-12)21(24)25-2/h3-6,11-12,15-16,19,22H,7-10H2,1-2H3/p+1/t12-,15+,16+,19+/m1/s1. The third-order valence-corrected chi connectivity index (χ3v) is 6.72. The van der Waals surface area contributed by atoms with Crippen molar-refractivity contribution in [2.75, 3.05) is 20.2 Å². The summed E-state index contributed by atoms with van der Waals surface area (Å²) in [5.41, 5.74) is 4.77. The largest absolute Gasteiger partial charge is 0.497 e. The van der Waals surface area contributed by atoms with Gasteiger partial charge >= 0.3 is 5.97 Å². The second kappa shape index (κ2) is 5.88. The number of methoxy groups -OCH3 is 1. The molecule has 1 fully saturated rings. The molecule has 5 atom stereocenters. The average Bonchev–Trinajstić information content (AvgIpc) is 3.06. The number of benzene rings is 1. The number of carbonyl (C=O) groups excluding carboxylic acids is 1. The number of carbonyl (C=O) groups is 1. The number of aromatic nitrogens is 1. The van der Waals surface area contributed by atoms with Crippen LogP contribution in [0, 0.1) is 11.8 Å². The van der Waals surface area contributed by atoms with Crippen LogP contribution < -0.4 is 4.90 Å². The molecular weight excluding hydrogens is 328 g/mol. The van der Waals surface area contributed by atoms with Gasteiger partial charge in [0.05, 0.1) is 43.6 Å². The fourth-order valence-electron chi connectivity index (χ4n) is 5.39. The molecule has 0 aliphatic carbocycles. The third-order valence-electron chi connectivity index (χ3n) is 6.72. The van der Waals surface area contributed by atoms with Gasteiger partial charge in [-0.1, -0.05) is 18.2 Å². The Morgan fingerprint density at radius 2 is 2.19 bits per heavy atom. The SMILES string of the molecule is COC(=O)C1=CO[C@H](C)[C@@H]2C[NH+]3CCc4c([nH]c5ccccc45)[C@@H]3C[C@H]12. The zero-order valence-corrected chi connectivity index (χ0v) is 15.2. The fourth-order valence-corrected chi connectivity index (χ4v) is 5.39. The lowest BCUT2D eigenvalue weighted by Gasteiger charge is -2.46. The summed E-state index contributed by atoms with van der Waals surface area (Å²) < 4.78 is 10.8. The van der Waals surface area contributed by atoms with Crippen LogP contribution in [-0.4, -0.2) is 37.3 Å². The van der Waals surface area contributed by atoms with Gasteiger partial charge in [-0.05, 0) is 18.6 Å². The molecule has 1 unspecified atom stereocenters. The van der Waals surface area contributed by atoms with Gasteiger partial charge in [-0.25, -0.2) is 4.79 Å². The van der Waals surface area contributed by atoms with Crippen LogP contribution in [0.1, 0.15) is 30.6 Å². The Kier molecular flexibility index (Phi) is 3.60. The number of hydrogen-bond donors (Lipinski definition) is 2. The van der Waals surface area contributed by atoms with Gasteiger partial charge in [0.2, 0.25) is 0 Å². The van der Waals surface area contributed by atoms with E-state index in [4.69, 9.17) is 9.47 Å². The molecule has 5 rings (SSSR count). The Morgan fingerprint density at radius 1 is 1.35 bits per heavy atom. The number of piperidine rings is 1. The number of nitrogens with one attached hydrogen (secondary N) is 2. The first-order chi connectivity index (χ1) is 12.7. The Labute approximate surface area is 153 Å². The second-order valence-corrected chi connectivity index (χ2v) is 7.89. The molecule has 1 aromatic carbocycles. The summed E-state index contributed by atoms with van der Waals surface area (Å²) in [6, 6.07) is 8.99. The summed E-state index contributed by atoms with van der Waals surface area (Å²) in [6.45, 7) is 4.31. The van der Waals surface area contributed by atoms with Gasteiger partial charge in [0, 0.05) is 29.7 Å². The number of ether oxygens (including phenoxy) is 2. The van der Waals surface area contributed by atoms with Crippen LogP contribution in [0.4, 0.5) is 0 Å². The molecule has 136 valence electrons. The van der Waals surface area contributed by atoms with Gasteiger partial charge in [-0.2, -0.15) is 0 Å². The van der Waals surface area contributed by atoms with E-state index in [1.807, 2.05) is 0 Å². The van der Waals surface area contributed by atoms with E-state index < -0.39 is 0 Å². The number of para-hydroxylation sites is 1. The summed E-state index contributed by atoms with van der Waals surface area (Å²) in [7, 11) is 1.45. The van der Waals surface area contributed by atoms with Gasteiger partial charge < -0.3 is 19.4 Å². The quantitative estimate of drug-likeness (QED) is 0.768. The molecule has 0 radical (unpaired) electrons. The highest BCUT2D eigenvalue weighted by molar-refractivity contribution is 5.89. The van der Waals surface area contributed by atoms with Crippen LogP contribution in [-0.2, 0) is 20.7 Å². The van der Waals surface area contributed by atoms with E-state index in [1.54, 1.807) is 11.2 Å². The second-order valence-electron chi connectivity index (χ2n) is 7.89. The van der Waals surface area contributed by atoms with Gasteiger partial charge in [-0.15, -0.1) is 0 Å². The predicted molar refractivity (Wildman–Crippen MR) is 97.7 cm³/mol. The lowest BCUT2D eigenvalue weighted by atomic mass is 9.72. The van der Waals surface area contributed by atoms with E-state index in [9.17, 15) is 4.79 Å². The molecule has 0 amide bonds. The van der Waals surface area contributed by atoms with E-state index in [1.165, 1.54) is 29.3 Å². The first-order valence-electron chi connectivity index (χ1n) is 9.55. The van der Waals surface area contributed by atoms with Crippen molar-refractivity contribution in [3.8, 4) is 0 Å². The first kappa shape index (κ1) is 15.9. The van der Waals surface area contributed by atoms with Gasteiger partial charge in [0.1, 0.15) is 12.1 Å². The molecule has 26 heavy (non-hydrogen) atoms. The molecule has 1 saturated heterocycles. The number of rotatable bonds is 1. The van der Waals surface area contributed by atoms with E-state index in [0.29, 0.717) is 17.5 Å². The van der Waals surface area contributed by atoms with E-state index in [2.05, 4.69) is 36.2 Å². The summed E-state index contributed by atoms with van der Waals surface area (Å²) in [4.78, 5) is 17.6. The van der Waals surface area contributed by atoms with Gasteiger partial charge in [-0.3, -0.25) is 0 Å². The Balaban J connectivity index is 1.55. The van der Waals surface area contributed by atoms with Crippen LogP contribution in [0.5, 0.6) is 0 Å². The average molecular weight is 353 g/mol. The maximum Gasteiger partial charge on any atom is 0.337 e. The molecule has 3 aliphatic heterocycles. The highest BCUT2D eigenvalue weighted by atomic mass is 16.5. The lowest BCUT2D eigenvalue weighted by molar-refractivity contribution is -0.944. The van der Waals surface area contributed by atoms with Crippen molar-refractivity contribution in [2.45, 2.75) is 31.9 Å². The molecule has 0 spiro atoms. The van der Waals surface area contributed by atoms with Crippen molar-refractivity contribution in [3.63, 3.8) is 0 Å². The lowest BCUT2D eigenvalue weighted by Crippen LogP contribution is -3.15. The predicted octanol–water partition coefficient (Wildman–Crippen LogP) is 1.76. The molecule has 0 bridgehead atoms. The number of hydrogen-bond acceptors (Lipinski definition) is 3. The molecular formula is C21H25N2O3+. The number of H-pyrrole nitrogens is 1. The maximum atomic E-state index is 12.3. The van der Waals surface area contributed by atoms with Crippen LogP contribution in [0.2, 0.25) is 0 Å². The molecule has 5 heteroatoms. The highest BCUT2D eigenvalue weighted by Crippen LogP contribution is 2.41. The first-order valence-corrected chi connectivity index (χ1v) is 9.55. The van der Waals surface area contributed by atoms with Crippen molar-refractivity contribution < 1.29 is 19.2 Å². The van der Waals surface area contributed by atoms with Crippen molar-refractivity contribution in [2.24, 2.45) is 11.8 Å². The van der Waals surface area contributed by atoms with Crippen LogP contribution in [0.3, 0.4) is 0 Å². The number of esters is 1. The van der Waals surface area contributed by atoms with Crippen molar-refractivity contribution >= 4 is 16.9 Å². The number of aromatic amines is 1. The maximum absolute atomic E-state index is 12.3. The molecule has 5 nitrogen and oxygen atoms in total. The zero-order valence-electron chi connectivity index (χ0n) is 15.2. The van der Waals surface area contributed by atoms with Crippen LogP contribution in [0.25, 0.3) is 10.9 Å². The molecule has 2 aromatic rings. The minimum atomic E-state index is -0.247. The van der Waals surface area contributed by atoms with Gasteiger partial charge in [0.25, 0.3) is 0 Å². The number of fused-ring (bicyclic) bond motifs is 6. The van der Waals surface area contributed by atoms with E-state index in [0.717, 1.165) is 25.9 Å². The highest BCUT2D eigenvalue weighted by Gasteiger charge is 2.49. The zero-order chi connectivity index (χ0) is 17.8. The molecule has 4 heterocycles. The van der Waals surface area contributed by atoms with Gasteiger partial charge in [0.15, 0.2) is 0 Å². The summed E-state index contributed by atoms with van der Waals surface area (Å²) in [6.07, 6.45) is 3.87. The topological polar surface area (TPSA) is 55.8 Å². The number of quaternary nitrogens is 1. The van der Waals surface area contributed by atoms with E-state index >= 15 is 0 Å². The summed E-state index contributed by atoms with van der Waals surface area (Å²) >= 11 is 0. The molecule has 0 saturated carbocycles. The van der Waals surface area contributed by atoms with Crippen molar-refractivity contribution in [3.05, 3.63) is 47.4 Å². The Hall–Kier alpha value is -2.27. The smallest absolute Gasteiger partial charge is 0.337 e. The molecule has 1 aromatic heterocycles. The fraction of sp³-hybridized carbons (Fsp3) is 0.476. The molecule has 2 N–H and O–H groups in total. The van der Waals surface area contributed by atoms with Crippen LogP contribution in [0.15, 0.2) is 36.1 Å². The monoisotopic (exact) mass is 353 g/mol. The van der Waals surface area contributed by atoms with Crippen LogP contribution >= 0.6 is 0 Å². The van der Waals surface area contributed by atoms with E-state index in [-0.39, 0.29) is 18.0 Å². The minimum absolute atomic E-state index is 0.144. The summed E-state index contributed by atoms with van der Waals surface area (Å²) in [5.74, 6) is 0.326. The summed E-state index contributed by atoms with van der Waals surface area (Å²) in [5, 5.41) is 1.35. The third kappa shape index (κ3) is 2.23. The minimum Gasteiger partial charge on any atom is -0.497 e. The Bertz CT molecular complexity index is 900.